The Morgan fingerprint density at radius 3 is 2.93 bits per heavy atom. The van der Waals surface area contributed by atoms with Crippen LogP contribution < -0.4 is 0 Å². The zero-order valence-corrected chi connectivity index (χ0v) is 15.4. The molecule has 0 spiro atoms. The minimum absolute atomic E-state index is 0.161. The summed E-state index contributed by atoms with van der Waals surface area (Å²) in [4.78, 5) is 19.3. The molecule has 1 fully saturated rings. The van der Waals surface area contributed by atoms with Crippen molar-refractivity contribution in [2.24, 2.45) is 7.05 Å². The van der Waals surface area contributed by atoms with Crippen LogP contribution in [0.1, 0.15) is 40.6 Å². The summed E-state index contributed by atoms with van der Waals surface area (Å²) in [5.41, 5.74) is 1.86. The smallest absolute Gasteiger partial charge is 0.261 e. The molecule has 0 saturated carbocycles. The van der Waals surface area contributed by atoms with Gasteiger partial charge in [-0.25, -0.2) is 0 Å². The molecule has 10 nitrogen and oxygen atoms in total. The predicted octanol–water partition coefficient (Wildman–Crippen LogP) is 1.54. The van der Waals surface area contributed by atoms with Crippen molar-refractivity contribution in [1.82, 2.24) is 30.0 Å². The molecule has 1 saturated heterocycles. The van der Waals surface area contributed by atoms with E-state index >= 15 is 0 Å². The van der Waals surface area contributed by atoms with Gasteiger partial charge in [0.25, 0.3) is 11.8 Å². The summed E-state index contributed by atoms with van der Waals surface area (Å²) in [5.74, 6) is 1.10. The van der Waals surface area contributed by atoms with E-state index in [1.165, 1.54) is 0 Å². The van der Waals surface area contributed by atoms with E-state index < -0.39 is 6.04 Å². The van der Waals surface area contributed by atoms with Gasteiger partial charge in [0, 0.05) is 19.8 Å². The number of ether oxygens (including phenoxy) is 1. The molecule has 1 atom stereocenters. The van der Waals surface area contributed by atoms with E-state index in [-0.39, 0.29) is 5.91 Å². The molecule has 142 valence electrons. The van der Waals surface area contributed by atoms with Crippen molar-refractivity contribution < 1.29 is 18.6 Å². The third-order valence-corrected chi connectivity index (χ3v) is 4.56. The summed E-state index contributed by atoms with van der Waals surface area (Å²) < 4.78 is 17.8. The number of carbonyl (C=O) groups excluding carboxylic acids is 1. The molecule has 1 aliphatic rings. The van der Waals surface area contributed by atoms with Crippen LogP contribution in [0.4, 0.5) is 0 Å². The predicted molar refractivity (Wildman–Crippen MR) is 91.7 cm³/mol. The van der Waals surface area contributed by atoms with Crippen LogP contribution in [-0.4, -0.2) is 55.6 Å². The average Bonchev–Trinajstić information content (AvgIpc) is 3.40. The number of carbonyl (C=O) groups is 1. The topological polar surface area (TPSA) is 112 Å². The maximum Gasteiger partial charge on any atom is 0.261 e. The van der Waals surface area contributed by atoms with Gasteiger partial charge in [-0.1, -0.05) is 17.2 Å². The normalized spacial score (nSPS) is 17.4. The van der Waals surface area contributed by atoms with Gasteiger partial charge in [-0.2, -0.15) is 10.1 Å². The first-order valence-corrected chi connectivity index (χ1v) is 8.75. The summed E-state index contributed by atoms with van der Waals surface area (Å²) in [6.45, 7) is 4.84. The molecule has 0 aromatic carbocycles. The van der Waals surface area contributed by atoms with Gasteiger partial charge in [0.05, 0.1) is 30.7 Å². The van der Waals surface area contributed by atoms with Gasteiger partial charge in [0.2, 0.25) is 0 Å². The first kappa shape index (κ1) is 17.4. The van der Waals surface area contributed by atoms with Crippen LogP contribution in [0.5, 0.6) is 0 Å². The van der Waals surface area contributed by atoms with Gasteiger partial charge in [-0.15, -0.1) is 0 Å². The minimum atomic E-state index is -0.445. The highest BCUT2D eigenvalue weighted by Crippen LogP contribution is 2.28. The van der Waals surface area contributed by atoms with Crippen LogP contribution >= 0.6 is 0 Å². The SMILES string of the molecule is CCc1noc(C)c1C(=O)N1CCOCC1c1noc(-c2cnn(C)c2)n1. The molecule has 0 aliphatic carbocycles. The highest BCUT2D eigenvalue weighted by atomic mass is 16.5. The maximum atomic E-state index is 13.2. The van der Waals surface area contributed by atoms with E-state index in [1.807, 2.05) is 14.0 Å². The molecule has 3 aromatic rings. The molecule has 4 heterocycles. The van der Waals surface area contributed by atoms with Crippen molar-refractivity contribution in [2.45, 2.75) is 26.3 Å². The van der Waals surface area contributed by atoms with Crippen LogP contribution in [0.2, 0.25) is 0 Å². The number of nitrogens with zero attached hydrogens (tertiary/aromatic N) is 6. The van der Waals surface area contributed by atoms with Crippen molar-refractivity contribution >= 4 is 5.91 Å². The summed E-state index contributed by atoms with van der Waals surface area (Å²) in [6.07, 6.45) is 4.04. The molecule has 1 unspecified atom stereocenters. The molecule has 0 N–H and O–H groups in total. The van der Waals surface area contributed by atoms with Gasteiger partial charge in [-0.3, -0.25) is 9.48 Å². The van der Waals surface area contributed by atoms with Crippen molar-refractivity contribution in [3.05, 3.63) is 35.2 Å². The van der Waals surface area contributed by atoms with Gasteiger partial charge in [-0.05, 0) is 13.3 Å². The third kappa shape index (κ3) is 3.12. The fourth-order valence-corrected chi connectivity index (χ4v) is 3.16. The second kappa shape index (κ2) is 6.95. The Bertz CT molecular complexity index is 958. The Morgan fingerprint density at radius 2 is 2.19 bits per heavy atom. The summed E-state index contributed by atoms with van der Waals surface area (Å²) in [7, 11) is 1.81. The fourth-order valence-electron chi connectivity index (χ4n) is 3.16. The van der Waals surface area contributed by atoms with E-state index in [9.17, 15) is 4.79 Å². The molecule has 10 heteroatoms. The van der Waals surface area contributed by atoms with Crippen LogP contribution in [0.15, 0.2) is 21.4 Å². The minimum Gasteiger partial charge on any atom is -0.377 e. The average molecular weight is 372 g/mol. The van der Waals surface area contributed by atoms with Crippen LogP contribution in [0.25, 0.3) is 11.5 Å². The number of aromatic nitrogens is 5. The van der Waals surface area contributed by atoms with E-state index in [0.29, 0.717) is 60.5 Å². The van der Waals surface area contributed by atoms with Crippen LogP contribution in [0.3, 0.4) is 0 Å². The summed E-state index contributed by atoms with van der Waals surface area (Å²) in [5, 5.41) is 12.2. The Hall–Kier alpha value is -3.01. The van der Waals surface area contributed by atoms with Crippen molar-refractivity contribution in [3.8, 4) is 11.5 Å². The summed E-state index contributed by atoms with van der Waals surface area (Å²) in [6, 6.07) is -0.445. The lowest BCUT2D eigenvalue weighted by molar-refractivity contribution is -0.00590. The number of hydrogen-bond acceptors (Lipinski definition) is 8. The van der Waals surface area contributed by atoms with Gasteiger partial charge in [0.15, 0.2) is 5.82 Å². The van der Waals surface area contributed by atoms with Crippen molar-refractivity contribution in [1.29, 1.82) is 0 Å². The second-order valence-electron chi connectivity index (χ2n) is 6.36. The highest BCUT2D eigenvalue weighted by Gasteiger charge is 2.35. The van der Waals surface area contributed by atoms with Gasteiger partial charge >= 0.3 is 0 Å². The quantitative estimate of drug-likeness (QED) is 0.678. The number of amides is 1. The number of hydrogen-bond donors (Lipinski definition) is 0. The lowest BCUT2D eigenvalue weighted by Gasteiger charge is -2.33. The zero-order valence-electron chi connectivity index (χ0n) is 15.4. The van der Waals surface area contributed by atoms with Gasteiger partial charge < -0.3 is 18.7 Å². The largest absolute Gasteiger partial charge is 0.377 e. The first-order chi connectivity index (χ1) is 13.1. The molecule has 0 bridgehead atoms. The third-order valence-electron chi connectivity index (χ3n) is 4.56. The fraction of sp³-hybridized carbons (Fsp3) is 0.471. The molecule has 27 heavy (non-hydrogen) atoms. The standard InChI is InChI=1S/C17H20N6O4/c1-4-12-14(10(2)26-20-12)17(24)23-5-6-25-9-13(23)15-19-16(27-21-15)11-7-18-22(3)8-11/h7-8,13H,4-6,9H2,1-3H3. The van der Waals surface area contributed by atoms with Crippen molar-refractivity contribution in [3.63, 3.8) is 0 Å². The monoisotopic (exact) mass is 372 g/mol. The molecule has 0 radical (unpaired) electrons. The lowest BCUT2D eigenvalue weighted by Crippen LogP contribution is -2.44. The molecular formula is C17H20N6O4. The summed E-state index contributed by atoms with van der Waals surface area (Å²) >= 11 is 0. The Morgan fingerprint density at radius 1 is 1.33 bits per heavy atom. The van der Waals surface area contributed by atoms with Crippen LogP contribution in [0, 0.1) is 6.92 Å². The number of rotatable bonds is 4. The Kier molecular flexibility index (Phi) is 4.48. The Balaban J connectivity index is 1.64. The van der Waals surface area contributed by atoms with Crippen LogP contribution in [-0.2, 0) is 18.2 Å². The van der Waals surface area contributed by atoms with Crippen molar-refractivity contribution in [2.75, 3.05) is 19.8 Å². The Labute approximate surface area is 155 Å². The van der Waals surface area contributed by atoms with E-state index in [2.05, 4.69) is 20.4 Å². The molecule has 4 rings (SSSR count). The lowest BCUT2D eigenvalue weighted by atomic mass is 10.1. The van der Waals surface area contributed by atoms with Gasteiger partial charge in [0.1, 0.15) is 17.4 Å². The maximum absolute atomic E-state index is 13.2. The van der Waals surface area contributed by atoms with E-state index in [4.69, 9.17) is 13.8 Å². The number of morpholine rings is 1. The number of aryl methyl sites for hydroxylation is 3. The second-order valence-corrected chi connectivity index (χ2v) is 6.36. The molecule has 1 aliphatic heterocycles. The van der Waals surface area contributed by atoms with E-state index in [1.54, 1.807) is 28.9 Å². The highest BCUT2D eigenvalue weighted by molar-refractivity contribution is 5.96. The van der Waals surface area contributed by atoms with E-state index in [0.717, 1.165) is 0 Å². The first-order valence-electron chi connectivity index (χ1n) is 8.75. The molecule has 3 aromatic heterocycles. The zero-order chi connectivity index (χ0) is 19.0. The molecule has 1 amide bonds. The molecular weight excluding hydrogens is 352 g/mol.